The van der Waals surface area contributed by atoms with E-state index < -0.39 is 5.91 Å². The number of nitrogens with one attached hydrogen (secondary N) is 1. The first kappa shape index (κ1) is 16.2. The average Bonchev–Trinajstić information content (AvgIpc) is 3.10. The maximum atomic E-state index is 12.9. The average molecular weight is 323 g/mol. The van der Waals surface area contributed by atoms with Crippen molar-refractivity contribution >= 4 is 17.5 Å². The lowest BCUT2D eigenvalue weighted by Crippen LogP contribution is -2.35. The Bertz CT molecular complexity index is 707. The van der Waals surface area contributed by atoms with Gasteiger partial charge < -0.3 is 11.1 Å². The summed E-state index contributed by atoms with van der Waals surface area (Å²) in [5.74, 6) is -0.540. The zero-order chi connectivity index (χ0) is 16.9. The van der Waals surface area contributed by atoms with E-state index >= 15 is 0 Å². The molecular weight excluding hydrogens is 302 g/mol. The number of amides is 2. The van der Waals surface area contributed by atoms with Crippen LogP contribution in [0.15, 0.2) is 54.6 Å². The van der Waals surface area contributed by atoms with Gasteiger partial charge in [0.05, 0.1) is 0 Å². The molecule has 0 saturated carbocycles. The highest BCUT2D eigenvalue weighted by Gasteiger charge is 2.29. The molecular formula is C19H21N3O2. The zero-order valence-electron chi connectivity index (χ0n) is 13.4. The minimum atomic E-state index is -0.480. The topological polar surface area (TPSA) is 75.4 Å². The van der Waals surface area contributed by atoms with Crippen LogP contribution in [0, 0.1) is 0 Å². The fourth-order valence-electron chi connectivity index (χ4n) is 3.09. The SMILES string of the molecule is NC(=O)c1ccc(NC(=O)[C@@H](c2ccccc2)N2CCCC2)cc1. The Balaban J connectivity index is 1.79. The second-order valence-electron chi connectivity index (χ2n) is 5.99. The minimum absolute atomic E-state index is 0.0603. The molecule has 0 unspecified atom stereocenters. The highest BCUT2D eigenvalue weighted by atomic mass is 16.2. The molecule has 1 heterocycles. The number of hydrogen-bond donors (Lipinski definition) is 2. The molecule has 1 fully saturated rings. The number of carbonyl (C=O) groups excluding carboxylic acids is 2. The number of likely N-dealkylation sites (tertiary alicyclic amines) is 1. The van der Waals surface area contributed by atoms with Crippen molar-refractivity contribution in [3.8, 4) is 0 Å². The first-order valence-corrected chi connectivity index (χ1v) is 8.15. The van der Waals surface area contributed by atoms with Gasteiger partial charge in [0.2, 0.25) is 11.8 Å². The summed E-state index contributed by atoms with van der Waals surface area (Å²) in [5, 5.41) is 2.95. The Morgan fingerprint density at radius 3 is 2.17 bits per heavy atom. The summed E-state index contributed by atoms with van der Waals surface area (Å²) in [7, 11) is 0. The van der Waals surface area contributed by atoms with E-state index in [1.165, 1.54) is 0 Å². The van der Waals surface area contributed by atoms with Gasteiger partial charge in [-0.15, -0.1) is 0 Å². The summed E-state index contributed by atoms with van der Waals surface area (Å²) in [6.07, 6.45) is 2.23. The van der Waals surface area contributed by atoms with Gasteiger partial charge in [0, 0.05) is 11.3 Å². The standard InChI is InChI=1S/C19H21N3O2/c20-18(23)15-8-10-16(11-9-15)21-19(24)17(22-12-4-5-13-22)14-6-2-1-3-7-14/h1-3,6-11,17H,4-5,12-13H2,(H2,20,23)(H,21,24)/t17-/m1/s1. The van der Waals surface area contributed by atoms with Gasteiger partial charge >= 0.3 is 0 Å². The van der Waals surface area contributed by atoms with Crippen molar-refractivity contribution in [3.05, 3.63) is 65.7 Å². The Morgan fingerprint density at radius 1 is 0.958 bits per heavy atom. The molecule has 2 aromatic rings. The quantitative estimate of drug-likeness (QED) is 0.888. The highest BCUT2D eigenvalue weighted by molar-refractivity contribution is 5.97. The molecule has 0 aromatic heterocycles. The molecule has 0 radical (unpaired) electrons. The Morgan fingerprint density at radius 2 is 1.58 bits per heavy atom. The smallest absolute Gasteiger partial charge is 0.248 e. The summed E-state index contributed by atoms with van der Waals surface area (Å²) in [4.78, 5) is 26.2. The molecule has 124 valence electrons. The summed E-state index contributed by atoms with van der Waals surface area (Å²) < 4.78 is 0. The van der Waals surface area contributed by atoms with Crippen molar-refractivity contribution in [1.29, 1.82) is 0 Å². The van der Waals surface area contributed by atoms with Crippen LogP contribution >= 0.6 is 0 Å². The van der Waals surface area contributed by atoms with Gasteiger partial charge in [0.1, 0.15) is 6.04 Å². The van der Waals surface area contributed by atoms with Crippen LogP contribution in [0.3, 0.4) is 0 Å². The zero-order valence-corrected chi connectivity index (χ0v) is 13.4. The Hall–Kier alpha value is -2.66. The predicted octanol–water partition coefficient (Wildman–Crippen LogP) is 2.56. The van der Waals surface area contributed by atoms with Crippen molar-refractivity contribution in [2.45, 2.75) is 18.9 Å². The second-order valence-corrected chi connectivity index (χ2v) is 5.99. The molecule has 5 nitrogen and oxygen atoms in total. The summed E-state index contributed by atoms with van der Waals surface area (Å²) in [6.45, 7) is 1.85. The van der Waals surface area contributed by atoms with Crippen LogP contribution in [0.4, 0.5) is 5.69 Å². The van der Waals surface area contributed by atoms with Crippen LogP contribution in [-0.4, -0.2) is 29.8 Å². The van der Waals surface area contributed by atoms with Crippen molar-refractivity contribution in [1.82, 2.24) is 4.90 Å². The molecule has 24 heavy (non-hydrogen) atoms. The minimum Gasteiger partial charge on any atom is -0.366 e. The molecule has 5 heteroatoms. The highest BCUT2D eigenvalue weighted by Crippen LogP contribution is 2.26. The molecule has 3 N–H and O–H groups in total. The number of primary amides is 1. The third-order valence-corrected chi connectivity index (χ3v) is 4.31. The normalized spacial score (nSPS) is 15.8. The molecule has 3 rings (SSSR count). The van der Waals surface area contributed by atoms with Crippen molar-refractivity contribution in [2.75, 3.05) is 18.4 Å². The van der Waals surface area contributed by atoms with Gasteiger partial charge in [-0.05, 0) is 55.8 Å². The van der Waals surface area contributed by atoms with Gasteiger partial charge in [-0.25, -0.2) is 0 Å². The maximum Gasteiger partial charge on any atom is 0.248 e. The largest absolute Gasteiger partial charge is 0.366 e. The van der Waals surface area contributed by atoms with Crippen LogP contribution in [0.25, 0.3) is 0 Å². The van der Waals surface area contributed by atoms with E-state index in [1.54, 1.807) is 24.3 Å². The Kier molecular flexibility index (Phi) is 4.91. The molecule has 1 saturated heterocycles. The van der Waals surface area contributed by atoms with E-state index in [9.17, 15) is 9.59 Å². The Labute approximate surface area is 141 Å². The molecule has 1 atom stereocenters. The number of benzene rings is 2. The van der Waals surface area contributed by atoms with Gasteiger partial charge in [-0.3, -0.25) is 14.5 Å². The van der Waals surface area contributed by atoms with Crippen LogP contribution in [0.1, 0.15) is 34.8 Å². The molecule has 1 aliphatic rings. The van der Waals surface area contributed by atoms with E-state index in [4.69, 9.17) is 5.73 Å². The molecule has 2 aromatic carbocycles. The van der Waals surface area contributed by atoms with E-state index in [-0.39, 0.29) is 11.9 Å². The molecule has 0 bridgehead atoms. The van der Waals surface area contributed by atoms with E-state index in [0.29, 0.717) is 11.3 Å². The van der Waals surface area contributed by atoms with Crippen LogP contribution < -0.4 is 11.1 Å². The summed E-state index contributed by atoms with van der Waals surface area (Å²) in [5.41, 5.74) is 7.31. The summed E-state index contributed by atoms with van der Waals surface area (Å²) >= 11 is 0. The third kappa shape index (κ3) is 3.63. The lowest BCUT2D eigenvalue weighted by Gasteiger charge is -2.27. The van der Waals surface area contributed by atoms with Gasteiger partial charge in [-0.2, -0.15) is 0 Å². The predicted molar refractivity (Wildman–Crippen MR) is 93.6 cm³/mol. The number of rotatable bonds is 5. The molecule has 0 aliphatic carbocycles. The van der Waals surface area contributed by atoms with Crippen molar-refractivity contribution in [2.24, 2.45) is 5.73 Å². The number of nitrogens with two attached hydrogens (primary N) is 1. The van der Waals surface area contributed by atoms with Gasteiger partial charge in [-0.1, -0.05) is 30.3 Å². The number of carbonyl (C=O) groups is 2. The van der Waals surface area contributed by atoms with Crippen LogP contribution in [0.2, 0.25) is 0 Å². The van der Waals surface area contributed by atoms with Gasteiger partial charge in [0.15, 0.2) is 0 Å². The number of nitrogens with zero attached hydrogens (tertiary/aromatic N) is 1. The van der Waals surface area contributed by atoms with Crippen LogP contribution in [0.5, 0.6) is 0 Å². The monoisotopic (exact) mass is 323 g/mol. The molecule has 2 amide bonds. The van der Waals surface area contributed by atoms with Crippen molar-refractivity contribution in [3.63, 3.8) is 0 Å². The number of anilines is 1. The van der Waals surface area contributed by atoms with E-state index in [1.807, 2.05) is 30.3 Å². The summed E-state index contributed by atoms with van der Waals surface area (Å²) in [6, 6.07) is 16.2. The molecule has 1 aliphatic heterocycles. The van der Waals surface area contributed by atoms with Crippen molar-refractivity contribution < 1.29 is 9.59 Å². The third-order valence-electron chi connectivity index (χ3n) is 4.31. The second kappa shape index (κ2) is 7.27. The van der Waals surface area contributed by atoms with E-state index in [2.05, 4.69) is 10.2 Å². The first-order chi connectivity index (χ1) is 11.6. The maximum absolute atomic E-state index is 12.9. The number of hydrogen-bond acceptors (Lipinski definition) is 3. The lowest BCUT2D eigenvalue weighted by atomic mass is 10.0. The fourth-order valence-corrected chi connectivity index (χ4v) is 3.09. The van der Waals surface area contributed by atoms with Crippen LogP contribution in [-0.2, 0) is 4.79 Å². The fraction of sp³-hybridized carbons (Fsp3) is 0.263. The molecule has 0 spiro atoms. The van der Waals surface area contributed by atoms with E-state index in [0.717, 1.165) is 31.5 Å². The first-order valence-electron chi connectivity index (χ1n) is 8.15. The lowest BCUT2D eigenvalue weighted by molar-refractivity contribution is -0.121. The van der Waals surface area contributed by atoms with Gasteiger partial charge in [0.25, 0.3) is 0 Å².